The van der Waals surface area contributed by atoms with Crippen LogP contribution in [0.3, 0.4) is 0 Å². The maximum atomic E-state index is 2.52. The van der Waals surface area contributed by atoms with Gasteiger partial charge in [-0.25, -0.2) is 0 Å². The van der Waals surface area contributed by atoms with Gasteiger partial charge in [-0.15, -0.1) is 0 Å². The second-order valence-electron chi connectivity index (χ2n) is 20.6. The highest BCUT2D eigenvalue weighted by Crippen LogP contribution is 2.51. The molecule has 0 spiro atoms. The van der Waals surface area contributed by atoms with Crippen molar-refractivity contribution >= 4 is 77.2 Å². The monoisotopic (exact) mass is 968 g/mol. The Bertz CT molecular complexity index is 4060. The molecule has 0 radical (unpaired) electrons. The molecule has 0 amide bonds. The van der Waals surface area contributed by atoms with E-state index in [4.69, 9.17) is 0 Å². The second-order valence-corrected chi connectivity index (χ2v) is 20.6. The summed E-state index contributed by atoms with van der Waals surface area (Å²) in [4.78, 5) is 5.05. The van der Waals surface area contributed by atoms with E-state index in [1.807, 2.05) is 0 Å². The molecule has 0 bridgehead atoms. The van der Waals surface area contributed by atoms with Gasteiger partial charge < -0.3 is 9.80 Å². The minimum absolute atomic E-state index is 0.986. The Balaban J connectivity index is 1.06. The molecule has 15 rings (SSSR count). The lowest BCUT2D eigenvalue weighted by atomic mass is 9.84. The number of rotatable bonds is 6. The third kappa shape index (κ3) is 7.32. The third-order valence-electron chi connectivity index (χ3n) is 16.4. The van der Waals surface area contributed by atoms with E-state index in [0.717, 1.165) is 37.1 Å². The molecule has 76 heavy (non-hydrogen) atoms. The maximum Gasteiger partial charge on any atom is 0.0493 e. The van der Waals surface area contributed by atoms with Crippen molar-refractivity contribution in [1.29, 1.82) is 0 Å². The van der Waals surface area contributed by atoms with Crippen molar-refractivity contribution in [3.05, 3.63) is 289 Å². The van der Waals surface area contributed by atoms with Crippen molar-refractivity contribution in [2.24, 2.45) is 0 Å². The van der Waals surface area contributed by atoms with E-state index in [0.29, 0.717) is 0 Å². The molecule has 13 aromatic carbocycles. The van der Waals surface area contributed by atoms with Gasteiger partial charge in [0.15, 0.2) is 0 Å². The summed E-state index contributed by atoms with van der Waals surface area (Å²) in [6.45, 7) is 0. The van der Waals surface area contributed by atoms with Crippen LogP contribution in [0.4, 0.5) is 34.1 Å². The van der Waals surface area contributed by atoms with Crippen molar-refractivity contribution in [2.75, 3.05) is 9.80 Å². The average Bonchev–Trinajstić information content (AvgIpc) is 3.78. The van der Waals surface area contributed by atoms with Crippen LogP contribution in [0.25, 0.3) is 87.6 Å². The van der Waals surface area contributed by atoms with Crippen LogP contribution in [-0.4, -0.2) is 0 Å². The van der Waals surface area contributed by atoms with Crippen LogP contribution in [0.5, 0.6) is 0 Å². The van der Waals surface area contributed by atoms with Gasteiger partial charge in [-0.2, -0.15) is 0 Å². The largest absolute Gasteiger partial charge is 0.310 e. The van der Waals surface area contributed by atoms with Crippen molar-refractivity contribution in [2.45, 2.75) is 25.7 Å². The molecule has 0 unspecified atom stereocenters. The number of benzene rings is 13. The highest BCUT2D eigenvalue weighted by atomic mass is 15.2. The summed E-state index contributed by atoms with van der Waals surface area (Å²) in [5.41, 5.74) is 22.3. The van der Waals surface area contributed by atoms with Crippen molar-refractivity contribution in [3.8, 4) is 44.5 Å². The van der Waals surface area contributed by atoms with E-state index in [2.05, 4.69) is 277 Å². The predicted molar refractivity (Wildman–Crippen MR) is 322 cm³/mol. The van der Waals surface area contributed by atoms with Crippen molar-refractivity contribution in [1.82, 2.24) is 0 Å². The van der Waals surface area contributed by atoms with E-state index >= 15 is 0 Å². The van der Waals surface area contributed by atoms with Gasteiger partial charge in [0.05, 0.1) is 0 Å². The average molecular weight is 969 g/mol. The number of nitrogens with zero attached hydrogens (tertiary/aromatic N) is 2. The summed E-state index contributed by atoms with van der Waals surface area (Å²) < 4.78 is 0. The van der Waals surface area contributed by atoms with Crippen molar-refractivity contribution < 1.29 is 0 Å². The number of anilines is 6. The van der Waals surface area contributed by atoms with Crippen LogP contribution in [0.15, 0.2) is 267 Å². The molecule has 0 aromatic heterocycles. The van der Waals surface area contributed by atoms with Crippen LogP contribution in [-0.2, 0) is 25.7 Å². The lowest BCUT2D eigenvalue weighted by Crippen LogP contribution is -2.12. The van der Waals surface area contributed by atoms with Crippen LogP contribution in [0, 0.1) is 0 Å². The Morgan fingerprint density at radius 3 is 0.961 bits per heavy atom. The predicted octanol–water partition coefficient (Wildman–Crippen LogP) is 20.1. The summed E-state index contributed by atoms with van der Waals surface area (Å²) in [5, 5.41) is 9.82. The summed E-state index contributed by atoms with van der Waals surface area (Å²) in [5.74, 6) is 0. The van der Waals surface area contributed by atoms with E-state index < -0.39 is 0 Å². The van der Waals surface area contributed by atoms with Crippen LogP contribution >= 0.6 is 0 Å². The summed E-state index contributed by atoms with van der Waals surface area (Å²) in [7, 11) is 0. The molecular weight excluding hydrogens is 917 g/mol. The first kappa shape index (κ1) is 44.0. The third-order valence-corrected chi connectivity index (χ3v) is 16.4. The number of fused-ring (bicyclic) bond motifs is 8. The Labute approximate surface area is 444 Å². The standard InChI is InChI=1S/C74H52N2/c1-7-29-61-49(17-1)23-15-31-63(61)55-25-13-27-57(45-55)73-65-43-41-60(76-71-35-11-5-21-53(71)39-40-54-22-6-12-36-72(54)76)48-68(65)74(58-28-14-26-56(46-58)64-32-16-24-50-18-2-8-30-62(50)64)66-44-42-59(47-67(66)73)75-69-33-9-3-19-51(69)37-38-52-20-4-10-34-70(52)75/h1-36,41-48H,37-40H2. The summed E-state index contributed by atoms with van der Waals surface area (Å²) in [6.07, 6.45) is 3.94. The van der Waals surface area contributed by atoms with Gasteiger partial charge in [-0.05, 0) is 196 Å². The van der Waals surface area contributed by atoms with Crippen LogP contribution in [0.1, 0.15) is 22.3 Å². The Hall–Kier alpha value is -9.50. The lowest BCUT2D eigenvalue weighted by Gasteiger charge is -2.29. The lowest BCUT2D eigenvalue weighted by molar-refractivity contribution is 0.977. The highest BCUT2D eigenvalue weighted by molar-refractivity contribution is 6.23. The zero-order chi connectivity index (χ0) is 50.1. The zero-order valence-corrected chi connectivity index (χ0v) is 42.1. The fraction of sp³-hybridized carbons (Fsp3) is 0.0541. The van der Waals surface area contributed by atoms with Gasteiger partial charge >= 0.3 is 0 Å². The van der Waals surface area contributed by atoms with Crippen molar-refractivity contribution in [3.63, 3.8) is 0 Å². The fourth-order valence-corrected chi connectivity index (χ4v) is 12.9. The molecule has 13 aromatic rings. The minimum atomic E-state index is 0.986. The first-order valence-electron chi connectivity index (χ1n) is 26.8. The molecule has 0 saturated heterocycles. The quantitative estimate of drug-likeness (QED) is 0.153. The van der Waals surface area contributed by atoms with Gasteiger partial charge in [-0.1, -0.05) is 206 Å². The first-order valence-corrected chi connectivity index (χ1v) is 26.8. The molecule has 0 saturated carbocycles. The molecule has 2 heteroatoms. The van der Waals surface area contributed by atoms with Gasteiger partial charge in [0.1, 0.15) is 0 Å². The van der Waals surface area contributed by atoms with Gasteiger partial charge in [0, 0.05) is 34.1 Å². The topological polar surface area (TPSA) is 6.48 Å². The molecule has 2 aliphatic heterocycles. The van der Waals surface area contributed by atoms with E-state index in [1.165, 1.54) is 133 Å². The van der Waals surface area contributed by atoms with Gasteiger partial charge in [0.2, 0.25) is 0 Å². The van der Waals surface area contributed by atoms with Crippen LogP contribution in [0.2, 0.25) is 0 Å². The smallest absolute Gasteiger partial charge is 0.0493 e. The molecule has 0 fully saturated rings. The van der Waals surface area contributed by atoms with Crippen LogP contribution < -0.4 is 9.80 Å². The molecule has 0 atom stereocenters. The summed E-state index contributed by atoms with van der Waals surface area (Å²) >= 11 is 0. The second kappa shape index (κ2) is 18.2. The van der Waals surface area contributed by atoms with Gasteiger partial charge in [0.25, 0.3) is 0 Å². The number of hydrogen-bond acceptors (Lipinski definition) is 2. The molecule has 2 nitrogen and oxygen atoms in total. The molecular formula is C74H52N2. The van der Waals surface area contributed by atoms with E-state index in [9.17, 15) is 0 Å². The summed E-state index contributed by atoms with van der Waals surface area (Å²) in [6, 6.07) is 100. The molecule has 2 heterocycles. The maximum absolute atomic E-state index is 2.52. The fourth-order valence-electron chi connectivity index (χ4n) is 12.9. The first-order chi connectivity index (χ1) is 37.7. The molecule has 0 aliphatic carbocycles. The van der Waals surface area contributed by atoms with E-state index in [-0.39, 0.29) is 0 Å². The van der Waals surface area contributed by atoms with E-state index in [1.54, 1.807) is 0 Å². The molecule has 358 valence electrons. The molecule has 0 N–H and O–H groups in total. The highest BCUT2D eigenvalue weighted by Gasteiger charge is 2.27. The minimum Gasteiger partial charge on any atom is -0.310 e. The molecule has 2 aliphatic rings. The van der Waals surface area contributed by atoms with Gasteiger partial charge in [-0.3, -0.25) is 0 Å². The number of para-hydroxylation sites is 4. The Morgan fingerprint density at radius 1 is 0.224 bits per heavy atom. The Morgan fingerprint density at radius 2 is 0.553 bits per heavy atom. The Kier molecular flexibility index (Phi) is 10.5. The zero-order valence-electron chi connectivity index (χ0n) is 42.1. The normalized spacial score (nSPS) is 13.0. The number of aryl methyl sites for hydroxylation is 4. The number of hydrogen-bond donors (Lipinski definition) is 0. The SMILES string of the molecule is c1cc(-c2cccc3ccccc23)cc(-c2c3ccc(N4c5ccccc5CCc5ccccc54)cc3c(-c3cccc(-c4cccc5ccccc45)c3)c3ccc(N4c5ccccc5CCc5ccccc54)cc23)c1.